The molecule has 4 nitrogen and oxygen atoms in total. The van der Waals surface area contributed by atoms with Crippen LogP contribution in [0.5, 0.6) is 0 Å². The zero-order valence-electron chi connectivity index (χ0n) is 10.5. The Labute approximate surface area is 102 Å². The maximum Gasteiger partial charge on any atom is 0.129 e. The summed E-state index contributed by atoms with van der Waals surface area (Å²) in [4.78, 5) is 6.78. The third-order valence-corrected chi connectivity index (χ3v) is 2.96. The minimum Gasteiger partial charge on any atom is -0.392 e. The quantitative estimate of drug-likeness (QED) is 0.845. The molecule has 1 aromatic rings. The third kappa shape index (κ3) is 3.17. The Morgan fingerprint density at radius 3 is 3.12 bits per heavy atom. The van der Waals surface area contributed by atoms with Crippen molar-refractivity contribution in [2.24, 2.45) is 0 Å². The first-order valence-corrected chi connectivity index (χ1v) is 6.14. The van der Waals surface area contributed by atoms with Crippen LogP contribution in [0.1, 0.15) is 24.6 Å². The fraction of sp³-hybridized carbons (Fsp3) is 0.615. The van der Waals surface area contributed by atoms with Crippen molar-refractivity contribution in [1.29, 1.82) is 0 Å². The highest BCUT2D eigenvalue weighted by atomic mass is 16.5. The minimum atomic E-state index is 0.0657. The molecule has 0 bridgehead atoms. The maximum absolute atomic E-state index is 9.22. The van der Waals surface area contributed by atoms with Gasteiger partial charge in [-0.05, 0) is 38.0 Å². The average Bonchev–Trinajstić information content (AvgIpc) is 2.53. The number of hydrogen-bond donors (Lipinski definition) is 1. The summed E-state index contributed by atoms with van der Waals surface area (Å²) >= 11 is 0. The van der Waals surface area contributed by atoms with E-state index in [9.17, 15) is 5.11 Å². The second-order valence-electron chi connectivity index (χ2n) is 4.61. The van der Waals surface area contributed by atoms with Crippen LogP contribution in [0.2, 0.25) is 0 Å². The monoisotopic (exact) mass is 236 g/mol. The zero-order valence-corrected chi connectivity index (χ0v) is 10.5. The van der Waals surface area contributed by atoms with Crippen LogP contribution in [-0.2, 0) is 11.3 Å². The predicted octanol–water partition coefficient (Wildman–Crippen LogP) is 1.50. The molecule has 4 heteroatoms. The van der Waals surface area contributed by atoms with E-state index in [4.69, 9.17) is 4.74 Å². The normalized spacial score (nSPS) is 21.4. The smallest absolute Gasteiger partial charge is 0.129 e. The molecular formula is C13H20N2O2. The zero-order chi connectivity index (χ0) is 12.3. The summed E-state index contributed by atoms with van der Waals surface area (Å²) in [5.41, 5.74) is 1.87. The van der Waals surface area contributed by atoms with Crippen molar-refractivity contribution in [3.8, 4) is 0 Å². The highest BCUT2D eigenvalue weighted by molar-refractivity contribution is 5.42. The van der Waals surface area contributed by atoms with Gasteiger partial charge in [-0.15, -0.1) is 0 Å². The van der Waals surface area contributed by atoms with E-state index in [1.165, 1.54) is 0 Å². The fourth-order valence-corrected chi connectivity index (χ4v) is 2.18. The van der Waals surface area contributed by atoms with E-state index in [-0.39, 0.29) is 12.7 Å². The van der Waals surface area contributed by atoms with Crippen molar-refractivity contribution in [1.82, 2.24) is 4.98 Å². The van der Waals surface area contributed by atoms with Crippen LogP contribution in [0.4, 0.5) is 5.82 Å². The molecule has 1 aliphatic rings. The van der Waals surface area contributed by atoms with Gasteiger partial charge >= 0.3 is 0 Å². The van der Waals surface area contributed by atoms with Crippen LogP contribution in [0.25, 0.3) is 0 Å². The molecule has 0 aliphatic carbocycles. The van der Waals surface area contributed by atoms with E-state index in [0.29, 0.717) is 0 Å². The van der Waals surface area contributed by atoms with E-state index in [0.717, 1.165) is 43.2 Å². The number of hydrogen-bond acceptors (Lipinski definition) is 4. The number of anilines is 1. The van der Waals surface area contributed by atoms with Crippen LogP contribution >= 0.6 is 0 Å². The lowest BCUT2D eigenvalue weighted by atomic mass is 10.2. The van der Waals surface area contributed by atoms with E-state index in [1.54, 1.807) is 0 Å². The van der Waals surface area contributed by atoms with Gasteiger partial charge in [0.05, 0.1) is 12.7 Å². The van der Waals surface area contributed by atoms with Crippen LogP contribution in [-0.4, -0.2) is 35.9 Å². The molecule has 1 fully saturated rings. The van der Waals surface area contributed by atoms with E-state index in [1.807, 2.05) is 19.1 Å². The first-order valence-electron chi connectivity index (χ1n) is 6.14. The molecular weight excluding hydrogens is 216 g/mol. The standard InChI is InChI=1S/C13H20N2O2/c1-10-6-12(9-16)7-13(14-10)15-4-3-5-17-11(2)8-15/h6-7,11,16H,3-5,8-9H2,1-2H3. The summed E-state index contributed by atoms with van der Waals surface area (Å²) in [6.45, 7) is 6.75. The van der Waals surface area contributed by atoms with Gasteiger partial charge in [0.1, 0.15) is 5.82 Å². The predicted molar refractivity (Wildman–Crippen MR) is 67.1 cm³/mol. The summed E-state index contributed by atoms with van der Waals surface area (Å²) in [5.74, 6) is 0.950. The molecule has 2 rings (SSSR count). The molecule has 1 unspecified atom stereocenters. The Hall–Kier alpha value is -1.13. The number of rotatable bonds is 2. The second kappa shape index (κ2) is 5.47. The van der Waals surface area contributed by atoms with Crippen molar-refractivity contribution in [2.75, 3.05) is 24.6 Å². The Morgan fingerprint density at radius 2 is 2.35 bits per heavy atom. The number of ether oxygens (including phenoxy) is 1. The van der Waals surface area contributed by atoms with Gasteiger partial charge in [-0.3, -0.25) is 0 Å². The summed E-state index contributed by atoms with van der Waals surface area (Å²) in [6, 6.07) is 3.88. The Kier molecular flexibility index (Phi) is 3.97. The molecule has 0 aromatic carbocycles. The van der Waals surface area contributed by atoms with Gasteiger partial charge in [0.25, 0.3) is 0 Å². The molecule has 0 saturated carbocycles. The Bertz CT molecular complexity index is 382. The largest absolute Gasteiger partial charge is 0.392 e. The van der Waals surface area contributed by atoms with Crippen molar-refractivity contribution in [3.05, 3.63) is 23.4 Å². The molecule has 1 N–H and O–H groups in total. The van der Waals surface area contributed by atoms with Gasteiger partial charge in [-0.1, -0.05) is 0 Å². The van der Waals surface area contributed by atoms with Crippen molar-refractivity contribution in [2.45, 2.75) is 33.0 Å². The molecule has 1 aliphatic heterocycles. The number of aliphatic hydroxyl groups is 1. The van der Waals surface area contributed by atoms with Gasteiger partial charge in [0, 0.05) is 25.4 Å². The molecule has 94 valence electrons. The molecule has 1 saturated heterocycles. The van der Waals surface area contributed by atoms with Gasteiger partial charge in [-0.2, -0.15) is 0 Å². The van der Waals surface area contributed by atoms with Crippen LogP contribution in [0.15, 0.2) is 12.1 Å². The molecule has 0 radical (unpaired) electrons. The minimum absolute atomic E-state index is 0.0657. The molecule has 0 amide bonds. The summed E-state index contributed by atoms with van der Waals surface area (Å²) in [7, 11) is 0. The van der Waals surface area contributed by atoms with Crippen molar-refractivity contribution >= 4 is 5.82 Å². The number of aliphatic hydroxyl groups excluding tert-OH is 1. The number of nitrogens with zero attached hydrogens (tertiary/aromatic N) is 2. The maximum atomic E-state index is 9.22. The van der Waals surface area contributed by atoms with E-state index < -0.39 is 0 Å². The first kappa shape index (κ1) is 12.3. The van der Waals surface area contributed by atoms with Gasteiger partial charge < -0.3 is 14.7 Å². The number of pyridine rings is 1. The van der Waals surface area contributed by atoms with Crippen molar-refractivity contribution in [3.63, 3.8) is 0 Å². The molecule has 2 heterocycles. The lowest BCUT2D eigenvalue weighted by Gasteiger charge is -2.24. The lowest BCUT2D eigenvalue weighted by Crippen LogP contribution is -2.31. The second-order valence-corrected chi connectivity index (χ2v) is 4.61. The average molecular weight is 236 g/mol. The lowest BCUT2D eigenvalue weighted by molar-refractivity contribution is 0.0820. The van der Waals surface area contributed by atoms with Crippen LogP contribution in [0, 0.1) is 6.92 Å². The SMILES string of the molecule is Cc1cc(CO)cc(N2CCCOC(C)C2)n1. The first-order chi connectivity index (χ1) is 8.19. The van der Waals surface area contributed by atoms with Crippen molar-refractivity contribution < 1.29 is 9.84 Å². The highest BCUT2D eigenvalue weighted by Crippen LogP contribution is 2.18. The topological polar surface area (TPSA) is 45.6 Å². The Balaban J connectivity index is 2.22. The third-order valence-electron chi connectivity index (χ3n) is 2.96. The Morgan fingerprint density at radius 1 is 1.53 bits per heavy atom. The number of aryl methyl sites for hydroxylation is 1. The molecule has 1 aromatic heterocycles. The summed E-state index contributed by atoms with van der Waals surface area (Å²) in [6.07, 6.45) is 1.26. The van der Waals surface area contributed by atoms with Gasteiger partial charge in [-0.25, -0.2) is 4.98 Å². The van der Waals surface area contributed by atoms with Crippen LogP contribution in [0.3, 0.4) is 0 Å². The van der Waals surface area contributed by atoms with E-state index >= 15 is 0 Å². The molecule has 1 atom stereocenters. The van der Waals surface area contributed by atoms with Gasteiger partial charge in [0.15, 0.2) is 0 Å². The molecule has 0 spiro atoms. The van der Waals surface area contributed by atoms with Gasteiger partial charge in [0.2, 0.25) is 0 Å². The van der Waals surface area contributed by atoms with E-state index in [2.05, 4.69) is 16.8 Å². The highest BCUT2D eigenvalue weighted by Gasteiger charge is 2.16. The fourth-order valence-electron chi connectivity index (χ4n) is 2.18. The molecule has 17 heavy (non-hydrogen) atoms. The summed E-state index contributed by atoms with van der Waals surface area (Å²) < 4.78 is 5.62. The summed E-state index contributed by atoms with van der Waals surface area (Å²) in [5, 5.41) is 9.22. The number of aromatic nitrogens is 1. The van der Waals surface area contributed by atoms with Crippen LogP contribution < -0.4 is 4.90 Å².